The number of aromatic nitrogens is 3. The Kier molecular flexibility index (Phi) is 6.06. The molecule has 2 heterocycles. The molecule has 0 bridgehead atoms. The molecule has 1 fully saturated rings. The van der Waals surface area contributed by atoms with Crippen molar-refractivity contribution in [3.8, 4) is 0 Å². The fraction of sp³-hybridized carbons (Fsp3) is 0.409. The average molecular weight is 442 g/mol. The number of carbonyl (C=O) groups excluding carboxylic acids is 1. The maximum atomic E-state index is 13.2. The molecule has 1 aromatic heterocycles. The van der Waals surface area contributed by atoms with Gasteiger partial charge >= 0.3 is 0 Å². The Morgan fingerprint density at radius 3 is 2.52 bits per heavy atom. The van der Waals surface area contributed by atoms with Crippen LogP contribution in [0.15, 0.2) is 41.3 Å². The predicted molar refractivity (Wildman–Crippen MR) is 120 cm³/mol. The molecule has 1 N–H and O–H groups in total. The molecule has 9 heteroatoms. The largest absolute Gasteiger partial charge is 0.322 e. The minimum absolute atomic E-state index is 0.244. The SMILES string of the molecule is CCn1nnc2cc(C(=O)Nc3ccc(C)c(S(=O)(=O)N4CCCCCC4)c3)ccc21. The Labute approximate surface area is 182 Å². The Morgan fingerprint density at radius 1 is 1.06 bits per heavy atom. The predicted octanol–water partition coefficient (Wildman–Crippen LogP) is 3.58. The molecule has 8 nitrogen and oxygen atoms in total. The summed E-state index contributed by atoms with van der Waals surface area (Å²) in [4.78, 5) is 13.0. The summed E-state index contributed by atoms with van der Waals surface area (Å²) in [6.07, 6.45) is 3.86. The van der Waals surface area contributed by atoms with Gasteiger partial charge in [0.25, 0.3) is 5.91 Å². The Hall–Kier alpha value is -2.78. The molecule has 1 aliphatic rings. The van der Waals surface area contributed by atoms with Gasteiger partial charge in [0.15, 0.2) is 0 Å². The molecule has 0 saturated carbocycles. The molecular weight excluding hydrogens is 414 g/mol. The lowest BCUT2D eigenvalue weighted by Gasteiger charge is -2.21. The highest BCUT2D eigenvalue weighted by molar-refractivity contribution is 7.89. The molecule has 164 valence electrons. The number of benzene rings is 2. The zero-order valence-corrected chi connectivity index (χ0v) is 18.7. The van der Waals surface area contributed by atoms with E-state index in [2.05, 4.69) is 15.6 Å². The van der Waals surface area contributed by atoms with Gasteiger partial charge in [0.1, 0.15) is 5.52 Å². The lowest BCUT2D eigenvalue weighted by Crippen LogP contribution is -2.32. The normalized spacial score (nSPS) is 15.7. The van der Waals surface area contributed by atoms with Crippen LogP contribution in [0.3, 0.4) is 0 Å². The maximum absolute atomic E-state index is 13.2. The molecule has 31 heavy (non-hydrogen) atoms. The third-order valence-electron chi connectivity index (χ3n) is 5.70. The van der Waals surface area contributed by atoms with Crippen LogP contribution in [0.5, 0.6) is 0 Å². The quantitative estimate of drug-likeness (QED) is 0.653. The van der Waals surface area contributed by atoms with Crippen molar-refractivity contribution in [2.45, 2.75) is 51.0 Å². The Balaban J connectivity index is 1.58. The molecular formula is C22H27N5O3S. The smallest absolute Gasteiger partial charge is 0.255 e. The maximum Gasteiger partial charge on any atom is 0.255 e. The molecule has 1 amide bonds. The lowest BCUT2D eigenvalue weighted by atomic mass is 10.1. The van der Waals surface area contributed by atoms with Crippen LogP contribution < -0.4 is 5.32 Å². The first-order valence-corrected chi connectivity index (χ1v) is 12.1. The van der Waals surface area contributed by atoms with Crippen molar-refractivity contribution in [1.29, 1.82) is 0 Å². The fourth-order valence-corrected chi connectivity index (χ4v) is 5.70. The molecule has 0 spiro atoms. The van der Waals surface area contributed by atoms with E-state index in [9.17, 15) is 13.2 Å². The van der Waals surface area contributed by atoms with Crippen LogP contribution >= 0.6 is 0 Å². The van der Waals surface area contributed by atoms with Gasteiger partial charge in [0.05, 0.1) is 10.4 Å². The number of rotatable bonds is 5. The molecule has 2 aromatic carbocycles. The summed E-state index contributed by atoms with van der Waals surface area (Å²) in [5.41, 5.74) is 3.05. The van der Waals surface area contributed by atoms with Crippen molar-refractivity contribution in [3.05, 3.63) is 47.5 Å². The van der Waals surface area contributed by atoms with E-state index in [1.54, 1.807) is 46.2 Å². The van der Waals surface area contributed by atoms with E-state index in [4.69, 9.17) is 0 Å². The summed E-state index contributed by atoms with van der Waals surface area (Å²) in [7, 11) is -3.61. The second-order valence-electron chi connectivity index (χ2n) is 7.86. The number of nitrogens with one attached hydrogen (secondary N) is 1. The minimum atomic E-state index is -3.61. The third-order valence-corrected chi connectivity index (χ3v) is 7.75. The van der Waals surface area contributed by atoms with Gasteiger partial charge < -0.3 is 5.32 Å². The van der Waals surface area contributed by atoms with Crippen molar-refractivity contribution < 1.29 is 13.2 Å². The van der Waals surface area contributed by atoms with Crippen LogP contribution in [0.2, 0.25) is 0 Å². The van der Waals surface area contributed by atoms with Crippen LogP contribution in [0.1, 0.15) is 48.5 Å². The number of hydrogen-bond acceptors (Lipinski definition) is 5. The third kappa shape index (κ3) is 4.33. The number of aryl methyl sites for hydroxylation is 2. The Morgan fingerprint density at radius 2 is 1.81 bits per heavy atom. The van der Waals surface area contributed by atoms with Crippen molar-refractivity contribution in [1.82, 2.24) is 19.3 Å². The first-order valence-electron chi connectivity index (χ1n) is 10.7. The zero-order valence-electron chi connectivity index (χ0n) is 17.8. The average Bonchev–Trinajstić information content (AvgIpc) is 2.96. The van der Waals surface area contributed by atoms with Gasteiger partial charge in [-0.3, -0.25) is 4.79 Å². The van der Waals surface area contributed by atoms with Crippen LogP contribution in [0, 0.1) is 6.92 Å². The van der Waals surface area contributed by atoms with Gasteiger partial charge in [-0.2, -0.15) is 4.31 Å². The number of fused-ring (bicyclic) bond motifs is 1. The number of nitrogens with zero attached hydrogens (tertiary/aromatic N) is 4. The number of carbonyl (C=O) groups is 1. The van der Waals surface area contributed by atoms with Crippen LogP contribution in [-0.4, -0.2) is 46.7 Å². The number of amides is 1. The highest BCUT2D eigenvalue weighted by Gasteiger charge is 2.27. The van der Waals surface area contributed by atoms with E-state index >= 15 is 0 Å². The summed E-state index contributed by atoms with van der Waals surface area (Å²) >= 11 is 0. The molecule has 0 aliphatic carbocycles. The summed E-state index contributed by atoms with van der Waals surface area (Å²) in [5.74, 6) is -0.324. The monoisotopic (exact) mass is 441 g/mol. The first-order chi connectivity index (χ1) is 14.9. The second kappa shape index (κ2) is 8.76. The van der Waals surface area contributed by atoms with Crippen molar-refractivity contribution in [2.24, 2.45) is 0 Å². The van der Waals surface area contributed by atoms with Gasteiger partial charge in [-0.15, -0.1) is 5.10 Å². The molecule has 3 aromatic rings. The molecule has 1 saturated heterocycles. The molecule has 0 unspecified atom stereocenters. The van der Waals surface area contributed by atoms with Crippen molar-refractivity contribution in [3.63, 3.8) is 0 Å². The number of anilines is 1. The van der Waals surface area contributed by atoms with Gasteiger partial charge in [-0.25, -0.2) is 13.1 Å². The van der Waals surface area contributed by atoms with Gasteiger partial charge in [-0.05, 0) is 62.6 Å². The van der Waals surface area contributed by atoms with E-state index in [0.29, 0.717) is 42.0 Å². The standard InChI is InChI=1S/C22H27N5O3S/c1-3-27-20-11-9-17(14-19(20)24-25-27)22(28)23-18-10-8-16(2)21(15-18)31(29,30)26-12-6-4-5-7-13-26/h8-11,14-15H,3-7,12-13H2,1-2H3,(H,23,28). The van der Waals surface area contributed by atoms with E-state index < -0.39 is 10.0 Å². The van der Waals surface area contributed by atoms with E-state index in [1.807, 2.05) is 13.0 Å². The fourth-order valence-electron chi connectivity index (χ4n) is 3.93. The van der Waals surface area contributed by atoms with Crippen molar-refractivity contribution >= 4 is 32.7 Å². The summed E-state index contributed by atoms with van der Waals surface area (Å²) in [6.45, 7) is 5.53. The zero-order chi connectivity index (χ0) is 22.0. The van der Waals surface area contributed by atoms with Gasteiger partial charge in [0, 0.05) is 30.9 Å². The molecule has 0 atom stereocenters. The lowest BCUT2D eigenvalue weighted by molar-refractivity contribution is 0.102. The topological polar surface area (TPSA) is 97.2 Å². The number of sulfonamides is 1. The van der Waals surface area contributed by atoms with Crippen LogP contribution in [0.25, 0.3) is 11.0 Å². The van der Waals surface area contributed by atoms with Gasteiger partial charge in [0.2, 0.25) is 10.0 Å². The van der Waals surface area contributed by atoms with E-state index in [-0.39, 0.29) is 10.8 Å². The summed E-state index contributed by atoms with van der Waals surface area (Å²) in [6, 6.07) is 10.2. The molecule has 0 radical (unpaired) electrons. The number of hydrogen-bond donors (Lipinski definition) is 1. The van der Waals surface area contributed by atoms with E-state index in [1.165, 1.54) is 0 Å². The van der Waals surface area contributed by atoms with E-state index in [0.717, 1.165) is 31.2 Å². The van der Waals surface area contributed by atoms with Crippen LogP contribution in [0.4, 0.5) is 5.69 Å². The first kappa shape index (κ1) is 21.5. The second-order valence-corrected chi connectivity index (χ2v) is 9.77. The highest BCUT2D eigenvalue weighted by Crippen LogP contribution is 2.26. The highest BCUT2D eigenvalue weighted by atomic mass is 32.2. The summed E-state index contributed by atoms with van der Waals surface area (Å²) < 4.78 is 29.8. The minimum Gasteiger partial charge on any atom is -0.322 e. The van der Waals surface area contributed by atoms with Gasteiger partial charge in [-0.1, -0.05) is 24.1 Å². The molecule has 4 rings (SSSR count). The summed E-state index contributed by atoms with van der Waals surface area (Å²) in [5, 5.41) is 11.0. The van der Waals surface area contributed by atoms with Crippen LogP contribution in [-0.2, 0) is 16.6 Å². The van der Waals surface area contributed by atoms with Crippen molar-refractivity contribution in [2.75, 3.05) is 18.4 Å². The molecule has 1 aliphatic heterocycles. The Bertz CT molecular complexity index is 1210.